The van der Waals surface area contributed by atoms with Gasteiger partial charge in [0.15, 0.2) is 5.69 Å². The van der Waals surface area contributed by atoms with Crippen LogP contribution >= 0.6 is 0 Å². The molecule has 0 unspecified atom stereocenters. The van der Waals surface area contributed by atoms with E-state index in [1.165, 1.54) is 10.7 Å². The Labute approximate surface area is 199 Å². The molecule has 6 rings (SSSR count). The molecule has 3 aliphatic heterocycles. The van der Waals surface area contributed by atoms with E-state index in [0.29, 0.717) is 24.9 Å². The fraction of sp³-hybridized carbons (Fsp3) is 0.250. The Balaban J connectivity index is 1.44. The molecule has 11 heteroatoms. The Morgan fingerprint density at radius 2 is 1.74 bits per heavy atom. The van der Waals surface area contributed by atoms with Gasteiger partial charge in [-0.25, -0.2) is 22.2 Å². The van der Waals surface area contributed by atoms with E-state index in [1.54, 1.807) is 27.7 Å². The zero-order chi connectivity index (χ0) is 24.2. The molecule has 0 radical (unpaired) electrons. The lowest BCUT2D eigenvalue weighted by Crippen LogP contribution is -2.31. The third-order valence-electron chi connectivity index (χ3n) is 6.48. The molecule has 9 nitrogen and oxygen atoms in total. The van der Waals surface area contributed by atoms with Crippen molar-refractivity contribution in [2.75, 3.05) is 11.5 Å². The van der Waals surface area contributed by atoms with Crippen molar-refractivity contribution < 1.29 is 12.8 Å². The quantitative estimate of drug-likeness (QED) is 0.382. The highest BCUT2D eigenvalue weighted by molar-refractivity contribution is 7.91. The number of hydrogen-bond acceptors (Lipinski definition) is 6. The first-order valence-corrected chi connectivity index (χ1v) is 13.1. The largest absolute Gasteiger partial charge is 0.297 e. The van der Waals surface area contributed by atoms with Crippen LogP contribution in [0.5, 0.6) is 0 Å². The molecule has 0 aliphatic carbocycles. The summed E-state index contributed by atoms with van der Waals surface area (Å²) in [7, 11) is -3.10. The van der Waals surface area contributed by atoms with Crippen LogP contribution in [-0.4, -0.2) is 49.3 Å². The highest BCUT2D eigenvalue weighted by Gasteiger charge is 2.31. The third kappa shape index (κ3) is 3.81. The maximum atomic E-state index is 15.0. The Bertz CT molecular complexity index is 1660. The molecular formula is C24H21FN6O3S. The summed E-state index contributed by atoms with van der Waals surface area (Å²) in [5.74, 6) is -0.483. The molecule has 0 N–H and O–H groups in total. The second-order valence-corrected chi connectivity index (χ2v) is 11.0. The Morgan fingerprint density at radius 1 is 0.971 bits per heavy atom. The molecule has 2 aromatic carbocycles. The van der Waals surface area contributed by atoms with Gasteiger partial charge in [0.2, 0.25) is 0 Å². The number of nitrogens with zero attached hydrogens (tertiary/aromatic N) is 6. The van der Waals surface area contributed by atoms with Crippen LogP contribution in [0.25, 0.3) is 28.0 Å². The fourth-order valence-corrected chi connectivity index (χ4v) is 6.11. The Morgan fingerprint density at radius 3 is 2.46 bits per heavy atom. The fourth-order valence-electron chi connectivity index (χ4n) is 4.64. The average molecular weight is 493 g/mol. The van der Waals surface area contributed by atoms with Gasteiger partial charge < -0.3 is 0 Å². The van der Waals surface area contributed by atoms with Gasteiger partial charge in [0.25, 0.3) is 5.56 Å². The molecule has 3 aromatic rings. The van der Waals surface area contributed by atoms with Crippen molar-refractivity contribution in [1.82, 2.24) is 29.3 Å². The van der Waals surface area contributed by atoms with Crippen LogP contribution in [0.1, 0.15) is 24.4 Å². The maximum absolute atomic E-state index is 15.0. The van der Waals surface area contributed by atoms with Crippen LogP contribution in [0.4, 0.5) is 4.39 Å². The van der Waals surface area contributed by atoms with Gasteiger partial charge in [-0.05, 0) is 48.7 Å². The van der Waals surface area contributed by atoms with Crippen LogP contribution in [0.3, 0.4) is 0 Å². The van der Waals surface area contributed by atoms with Gasteiger partial charge in [0, 0.05) is 12.4 Å². The average Bonchev–Trinajstić information content (AvgIpc) is 3.49. The van der Waals surface area contributed by atoms with E-state index in [4.69, 9.17) is 0 Å². The second kappa shape index (κ2) is 8.12. The van der Waals surface area contributed by atoms with Crippen LogP contribution in [0.15, 0.2) is 65.7 Å². The van der Waals surface area contributed by atoms with Crippen molar-refractivity contribution >= 4 is 20.7 Å². The van der Waals surface area contributed by atoms with E-state index in [1.807, 2.05) is 36.5 Å². The minimum atomic E-state index is -3.10. The van der Waals surface area contributed by atoms with E-state index in [-0.39, 0.29) is 34.3 Å². The van der Waals surface area contributed by atoms with Crippen molar-refractivity contribution in [3.63, 3.8) is 0 Å². The Kier molecular flexibility index (Phi) is 5.03. The highest BCUT2D eigenvalue weighted by atomic mass is 32.2. The van der Waals surface area contributed by atoms with Gasteiger partial charge in [-0.1, -0.05) is 18.2 Å². The van der Waals surface area contributed by atoms with Crippen molar-refractivity contribution in [1.29, 1.82) is 0 Å². The summed E-state index contributed by atoms with van der Waals surface area (Å²) in [5.41, 5.74) is 2.18. The minimum absolute atomic E-state index is 0.00434. The van der Waals surface area contributed by atoms with E-state index in [0.717, 1.165) is 11.3 Å². The van der Waals surface area contributed by atoms with Crippen LogP contribution < -0.4 is 5.56 Å². The molecular weight excluding hydrogens is 471 g/mol. The van der Waals surface area contributed by atoms with Gasteiger partial charge in [-0.3, -0.25) is 9.48 Å². The smallest absolute Gasteiger partial charge is 0.265 e. The number of fused-ring (bicyclic) bond motifs is 3. The first kappa shape index (κ1) is 21.7. The van der Waals surface area contributed by atoms with E-state index >= 15 is 4.39 Å². The van der Waals surface area contributed by atoms with Crippen molar-refractivity contribution in [2.24, 2.45) is 0 Å². The summed E-state index contributed by atoms with van der Waals surface area (Å²) in [5, 5.41) is 13.5. The normalized spacial score (nSPS) is 16.3. The summed E-state index contributed by atoms with van der Waals surface area (Å²) in [4.78, 5) is 13.3. The Hall–Kier alpha value is -3.86. The lowest BCUT2D eigenvalue weighted by atomic mass is 10.1. The lowest BCUT2D eigenvalue weighted by molar-refractivity contribution is 0.406. The zero-order valence-electron chi connectivity index (χ0n) is 18.6. The predicted molar refractivity (Wildman–Crippen MR) is 128 cm³/mol. The third-order valence-corrected chi connectivity index (χ3v) is 8.19. The molecule has 0 amide bonds. The summed E-state index contributed by atoms with van der Waals surface area (Å²) < 4.78 is 43.4. The predicted octanol–water partition coefficient (Wildman–Crippen LogP) is 2.82. The first-order chi connectivity index (χ1) is 16.9. The molecule has 178 valence electrons. The number of sulfone groups is 1. The van der Waals surface area contributed by atoms with Gasteiger partial charge in [0.05, 0.1) is 40.7 Å². The molecule has 1 saturated heterocycles. The molecule has 35 heavy (non-hydrogen) atoms. The van der Waals surface area contributed by atoms with E-state index in [9.17, 15) is 13.2 Å². The molecule has 4 heterocycles. The maximum Gasteiger partial charge on any atom is 0.297 e. The number of benzene rings is 2. The number of aromatic nitrogens is 6. The topological polar surface area (TPSA) is 105 Å². The van der Waals surface area contributed by atoms with Crippen LogP contribution in [0, 0.1) is 5.82 Å². The second-order valence-electron chi connectivity index (χ2n) is 8.74. The summed E-state index contributed by atoms with van der Waals surface area (Å²) >= 11 is 0. The molecule has 0 atom stereocenters. The summed E-state index contributed by atoms with van der Waals surface area (Å²) in [6, 6.07) is 13.9. The van der Waals surface area contributed by atoms with Gasteiger partial charge in [0.1, 0.15) is 21.3 Å². The molecule has 0 saturated carbocycles. The SMILES string of the molecule is O=c1c2nn(Cc3ccc(-n4cccn4)cc3)c3cccc(F)c3c-2nn1C1CCS(=O)(=O)CC1. The molecule has 0 spiro atoms. The van der Waals surface area contributed by atoms with E-state index < -0.39 is 21.2 Å². The van der Waals surface area contributed by atoms with Gasteiger partial charge >= 0.3 is 0 Å². The monoisotopic (exact) mass is 492 g/mol. The van der Waals surface area contributed by atoms with Crippen molar-refractivity contribution in [2.45, 2.75) is 25.4 Å². The molecule has 1 fully saturated rings. The molecule has 3 aliphatic rings. The zero-order valence-corrected chi connectivity index (χ0v) is 19.4. The van der Waals surface area contributed by atoms with Crippen LogP contribution in [-0.2, 0) is 16.4 Å². The molecule has 1 aromatic heterocycles. The van der Waals surface area contributed by atoms with Gasteiger partial charge in [-0.2, -0.15) is 15.3 Å². The van der Waals surface area contributed by atoms with E-state index in [2.05, 4.69) is 15.3 Å². The van der Waals surface area contributed by atoms with Gasteiger partial charge in [-0.15, -0.1) is 0 Å². The van der Waals surface area contributed by atoms with Crippen LogP contribution in [0.2, 0.25) is 0 Å². The number of halogens is 1. The standard InChI is InChI=1S/C24H21FN6O3S/c25-19-3-1-4-20-21(19)22-23(24(32)31(28-22)18-9-13-35(33,34)14-10-18)27-30(20)15-16-5-7-17(8-6-16)29-12-2-11-26-29/h1-8,11-12,18H,9-10,13-15H2. The highest BCUT2D eigenvalue weighted by Crippen LogP contribution is 2.30. The summed E-state index contributed by atoms with van der Waals surface area (Å²) in [6.45, 7) is 0.321. The van der Waals surface area contributed by atoms with Crippen molar-refractivity contribution in [3.8, 4) is 17.1 Å². The van der Waals surface area contributed by atoms with Crippen molar-refractivity contribution in [3.05, 3.63) is 82.7 Å². The first-order valence-electron chi connectivity index (χ1n) is 11.3. The lowest BCUT2D eigenvalue weighted by Gasteiger charge is -2.21. The summed E-state index contributed by atoms with van der Waals surface area (Å²) in [6.07, 6.45) is 4.16. The molecule has 0 bridgehead atoms. The minimum Gasteiger partial charge on any atom is -0.265 e. The number of hydrogen-bond donors (Lipinski definition) is 0. The number of rotatable bonds is 4.